The molecule has 1 aliphatic heterocycles. The molecule has 1 atom stereocenters. The number of nitrogens with one attached hydrogen (secondary N) is 1. The molecule has 2 heterocycles. The molecule has 0 aliphatic carbocycles. The van der Waals surface area contributed by atoms with Gasteiger partial charge in [-0.25, -0.2) is 4.98 Å². The molecule has 2 aromatic rings. The minimum Gasteiger partial charge on any atom is -0.376 e. The van der Waals surface area contributed by atoms with Crippen LogP contribution in [0.5, 0.6) is 0 Å². The van der Waals surface area contributed by atoms with E-state index in [-0.39, 0.29) is 6.04 Å². The lowest BCUT2D eigenvalue weighted by atomic mass is 10.1. The highest BCUT2D eigenvalue weighted by atomic mass is 127. The molecule has 1 N–H and O–H groups in total. The van der Waals surface area contributed by atoms with Crippen LogP contribution in [0.4, 0.5) is 11.5 Å². The van der Waals surface area contributed by atoms with E-state index in [2.05, 4.69) is 75.0 Å². The van der Waals surface area contributed by atoms with E-state index in [1.165, 1.54) is 22.0 Å². The SMILES string of the molecule is CC(Nc1cccnc1N1CCCC1)c1ccc(I)cc1. The summed E-state index contributed by atoms with van der Waals surface area (Å²) in [5.74, 6) is 1.09. The van der Waals surface area contributed by atoms with E-state index in [1.807, 2.05) is 12.3 Å². The molecule has 0 bridgehead atoms. The molecule has 1 unspecified atom stereocenters. The first-order chi connectivity index (χ1) is 10.2. The molecule has 0 radical (unpaired) electrons. The van der Waals surface area contributed by atoms with Gasteiger partial charge in [0, 0.05) is 28.9 Å². The van der Waals surface area contributed by atoms with Gasteiger partial charge < -0.3 is 10.2 Å². The second-order valence-electron chi connectivity index (χ2n) is 5.49. The minimum absolute atomic E-state index is 0.271. The number of hydrogen-bond acceptors (Lipinski definition) is 3. The summed E-state index contributed by atoms with van der Waals surface area (Å²) in [6, 6.07) is 13.1. The number of halogens is 1. The van der Waals surface area contributed by atoms with Crippen LogP contribution in [0.15, 0.2) is 42.6 Å². The lowest BCUT2D eigenvalue weighted by Gasteiger charge is -2.23. The molecule has 1 saturated heterocycles. The van der Waals surface area contributed by atoms with Crippen molar-refractivity contribution in [2.45, 2.75) is 25.8 Å². The van der Waals surface area contributed by atoms with Crippen molar-refractivity contribution < 1.29 is 0 Å². The molecule has 3 nitrogen and oxygen atoms in total. The molecule has 1 fully saturated rings. The van der Waals surface area contributed by atoms with E-state index in [9.17, 15) is 0 Å². The van der Waals surface area contributed by atoms with E-state index < -0.39 is 0 Å². The number of hydrogen-bond donors (Lipinski definition) is 1. The Hall–Kier alpha value is -1.30. The van der Waals surface area contributed by atoms with Crippen molar-refractivity contribution in [2.24, 2.45) is 0 Å². The molecule has 0 amide bonds. The summed E-state index contributed by atoms with van der Waals surface area (Å²) < 4.78 is 1.27. The Morgan fingerprint density at radius 3 is 2.57 bits per heavy atom. The summed E-state index contributed by atoms with van der Waals surface area (Å²) in [6.07, 6.45) is 4.42. The quantitative estimate of drug-likeness (QED) is 0.778. The van der Waals surface area contributed by atoms with Crippen molar-refractivity contribution in [2.75, 3.05) is 23.3 Å². The fourth-order valence-electron chi connectivity index (χ4n) is 2.76. The standard InChI is InChI=1S/C17H20IN3/c1-13(14-6-8-15(18)9-7-14)20-16-5-4-10-19-17(16)21-11-2-3-12-21/h4-10,13,20H,2-3,11-12H2,1H3. The normalized spacial score (nSPS) is 16.0. The Morgan fingerprint density at radius 2 is 1.86 bits per heavy atom. The summed E-state index contributed by atoms with van der Waals surface area (Å²) in [5.41, 5.74) is 2.43. The number of nitrogens with zero attached hydrogens (tertiary/aromatic N) is 2. The average Bonchev–Trinajstić information content (AvgIpc) is 3.02. The first kappa shape index (κ1) is 14.6. The van der Waals surface area contributed by atoms with Crippen molar-refractivity contribution >= 4 is 34.1 Å². The van der Waals surface area contributed by atoms with Gasteiger partial charge >= 0.3 is 0 Å². The predicted octanol–water partition coefficient (Wildman–Crippen LogP) is 4.46. The fraction of sp³-hybridized carbons (Fsp3) is 0.353. The van der Waals surface area contributed by atoms with Crippen LogP contribution in [0, 0.1) is 3.57 Å². The molecule has 3 rings (SSSR count). The Kier molecular flexibility index (Phi) is 4.63. The molecular formula is C17H20IN3. The van der Waals surface area contributed by atoms with Crippen LogP contribution in [-0.2, 0) is 0 Å². The Balaban J connectivity index is 1.79. The zero-order chi connectivity index (χ0) is 14.7. The fourth-order valence-corrected chi connectivity index (χ4v) is 3.12. The molecule has 0 spiro atoms. The van der Waals surface area contributed by atoms with Crippen LogP contribution < -0.4 is 10.2 Å². The van der Waals surface area contributed by atoms with Gasteiger partial charge in [-0.1, -0.05) is 12.1 Å². The maximum Gasteiger partial charge on any atom is 0.151 e. The van der Waals surface area contributed by atoms with Crippen molar-refractivity contribution in [3.8, 4) is 0 Å². The molecule has 1 aromatic heterocycles. The third kappa shape index (κ3) is 3.48. The summed E-state index contributed by atoms with van der Waals surface area (Å²) in [5, 5.41) is 3.62. The second kappa shape index (κ2) is 6.64. The van der Waals surface area contributed by atoms with E-state index >= 15 is 0 Å². The minimum atomic E-state index is 0.271. The summed E-state index contributed by atoms with van der Waals surface area (Å²) in [6.45, 7) is 4.43. The Morgan fingerprint density at radius 1 is 1.14 bits per heavy atom. The average molecular weight is 393 g/mol. The van der Waals surface area contributed by atoms with Crippen LogP contribution in [0.3, 0.4) is 0 Å². The molecule has 21 heavy (non-hydrogen) atoms. The maximum absolute atomic E-state index is 4.58. The number of anilines is 2. The van der Waals surface area contributed by atoms with Crippen molar-refractivity contribution in [1.82, 2.24) is 4.98 Å². The van der Waals surface area contributed by atoms with Crippen LogP contribution in [0.2, 0.25) is 0 Å². The number of pyridine rings is 1. The topological polar surface area (TPSA) is 28.2 Å². The predicted molar refractivity (Wildman–Crippen MR) is 96.9 cm³/mol. The van der Waals surface area contributed by atoms with E-state index in [0.717, 1.165) is 24.6 Å². The molecule has 0 saturated carbocycles. The largest absolute Gasteiger partial charge is 0.376 e. The van der Waals surface area contributed by atoms with Gasteiger partial charge in [0.1, 0.15) is 0 Å². The monoisotopic (exact) mass is 393 g/mol. The summed E-state index contributed by atoms with van der Waals surface area (Å²) >= 11 is 2.34. The van der Waals surface area contributed by atoms with Crippen molar-refractivity contribution in [3.63, 3.8) is 0 Å². The van der Waals surface area contributed by atoms with Gasteiger partial charge in [-0.15, -0.1) is 0 Å². The molecule has 1 aliphatic rings. The highest BCUT2D eigenvalue weighted by Gasteiger charge is 2.17. The van der Waals surface area contributed by atoms with E-state index in [0.29, 0.717) is 0 Å². The summed E-state index contributed by atoms with van der Waals surface area (Å²) in [7, 11) is 0. The van der Waals surface area contributed by atoms with Gasteiger partial charge in [0.2, 0.25) is 0 Å². The Bertz CT molecular complexity index is 591. The number of rotatable bonds is 4. The third-order valence-corrected chi connectivity index (χ3v) is 4.65. The zero-order valence-corrected chi connectivity index (χ0v) is 14.4. The van der Waals surface area contributed by atoms with E-state index in [4.69, 9.17) is 0 Å². The van der Waals surface area contributed by atoms with Crippen LogP contribution in [-0.4, -0.2) is 18.1 Å². The third-order valence-electron chi connectivity index (χ3n) is 3.93. The van der Waals surface area contributed by atoms with Gasteiger partial charge in [0.15, 0.2) is 5.82 Å². The van der Waals surface area contributed by atoms with Gasteiger partial charge in [-0.3, -0.25) is 0 Å². The number of aromatic nitrogens is 1. The molecule has 110 valence electrons. The molecule has 4 heteroatoms. The van der Waals surface area contributed by atoms with Crippen LogP contribution in [0.25, 0.3) is 0 Å². The lowest BCUT2D eigenvalue weighted by molar-refractivity contribution is 0.871. The summed E-state index contributed by atoms with van der Waals surface area (Å²) in [4.78, 5) is 6.96. The van der Waals surface area contributed by atoms with Gasteiger partial charge in [-0.05, 0) is 72.2 Å². The first-order valence-corrected chi connectivity index (χ1v) is 8.54. The second-order valence-corrected chi connectivity index (χ2v) is 6.73. The Labute approximate surface area is 139 Å². The van der Waals surface area contributed by atoms with Crippen molar-refractivity contribution in [3.05, 3.63) is 51.7 Å². The highest BCUT2D eigenvalue weighted by molar-refractivity contribution is 14.1. The van der Waals surface area contributed by atoms with Crippen molar-refractivity contribution in [1.29, 1.82) is 0 Å². The van der Waals surface area contributed by atoms with Crippen LogP contribution >= 0.6 is 22.6 Å². The zero-order valence-electron chi connectivity index (χ0n) is 12.2. The first-order valence-electron chi connectivity index (χ1n) is 7.46. The van der Waals surface area contributed by atoms with Crippen LogP contribution in [0.1, 0.15) is 31.4 Å². The number of benzene rings is 1. The smallest absolute Gasteiger partial charge is 0.151 e. The van der Waals surface area contributed by atoms with Gasteiger partial charge in [0.25, 0.3) is 0 Å². The molecule has 1 aromatic carbocycles. The van der Waals surface area contributed by atoms with Gasteiger partial charge in [-0.2, -0.15) is 0 Å². The van der Waals surface area contributed by atoms with Gasteiger partial charge in [0.05, 0.1) is 5.69 Å². The lowest BCUT2D eigenvalue weighted by Crippen LogP contribution is -2.21. The maximum atomic E-state index is 4.58. The highest BCUT2D eigenvalue weighted by Crippen LogP contribution is 2.29. The van der Waals surface area contributed by atoms with E-state index in [1.54, 1.807) is 0 Å². The molecular weight excluding hydrogens is 373 g/mol.